The molecule has 7 nitrogen and oxygen atoms in total. The smallest absolute Gasteiger partial charge is 0.255 e. The van der Waals surface area contributed by atoms with Crippen LogP contribution in [0.25, 0.3) is 0 Å². The minimum absolute atomic E-state index is 0.0728. The predicted octanol–water partition coefficient (Wildman–Crippen LogP) is 0.879. The number of ether oxygens (including phenoxy) is 1. The summed E-state index contributed by atoms with van der Waals surface area (Å²) in [6.07, 6.45) is 0.808. The maximum Gasteiger partial charge on any atom is 0.255 e. The molecule has 3 rings (SSSR count). The van der Waals surface area contributed by atoms with Crippen molar-refractivity contribution in [1.29, 1.82) is 0 Å². The Balaban J connectivity index is 1.72. The highest BCUT2D eigenvalue weighted by Crippen LogP contribution is 2.28. The number of morpholine rings is 1. The summed E-state index contributed by atoms with van der Waals surface area (Å²) in [5.41, 5.74) is 0. The van der Waals surface area contributed by atoms with Crippen molar-refractivity contribution in [1.82, 2.24) is 9.21 Å². The summed E-state index contributed by atoms with van der Waals surface area (Å²) < 4.78 is 31.6. The Kier molecular flexibility index (Phi) is 4.91. The molecule has 1 aromatic carbocycles. The predicted molar refractivity (Wildman–Crippen MR) is 85.9 cm³/mol. The van der Waals surface area contributed by atoms with Crippen LogP contribution < -0.4 is 0 Å². The lowest BCUT2D eigenvalue weighted by Gasteiger charge is -2.38. The van der Waals surface area contributed by atoms with Crippen molar-refractivity contribution in [2.75, 3.05) is 26.3 Å². The molecule has 0 atom stereocenters. The summed E-state index contributed by atoms with van der Waals surface area (Å²) in [6, 6.07) is 6.01. The molecule has 24 heavy (non-hydrogen) atoms. The lowest BCUT2D eigenvalue weighted by atomic mass is 10.0. The molecule has 9 heteroatoms. The Labute approximate surface area is 145 Å². The Morgan fingerprint density at radius 1 is 1.04 bits per heavy atom. The molecule has 130 valence electrons. The van der Waals surface area contributed by atoms with Gasteiger partial charge in [-0.05, 0) is 25.0 Å². The van der Waals surface area contributed by atoms with Crippen LogP contribution in [0.4, 0.5) is 0 Å². The fourth-order valence-corrected chi connectivity index (χ4v) is 5.01. The maximum atomic E-state index is 12.7. The number of rotatable bonds is 3. The summed E-state index contributed by atoms with van der Waals surface area (Å²) in [7, 11) is -3.69. The van der Waals surface area contributed by atoms with Gasteiger partial charge in [-0.1, -0.05) is 23.7 Å². The second-order valence-electron chi connectivity index (χ2n) is 5.72. The van der Waals surface area contributed by atoms with Crippen LogP contribution in [0.3, 0.4) is 0 Å². The number of halogens is 1. The summed E-state index contributed by atoms with van der Waals surface area (Å²) in [5.74, 6) is -0.725. The van der Waals surface area contributed by atoms with Gasteiger partial charge in [0.1, 0.15) is 18.1 Å². The maximum absolute atomic E-state index is 12.7. The van der Waals surface area contributed by atoms with Crippen molar-refractivity contribution in [3.63, 3.8) is 0 Å². The van der Waals surface area contributed by atoms with E-state index in [2.05, 4.69) is 0 Å². The van der Waals surface area contributed by atoms with Crippen LogP contribution in [-0.4, -0.2) is 61.8 Å². The Bertz CT molecular complexity index is 743. The van der Waals surface area contributed by atoms with Crippen LogP contribution in [0.2, 0.25) is 5.02 Å². The number of amides is 2. The fourth-order valence-electron chi connectivity index (χ4n) is 3.04. The second-order valence-corrected chi connectivity index (χ2v) is 8.03. The Hall–Kier alpha value is -1.48. The molecule has 0 radical (unpaired) electrons. The third kappa shape index (κ3) is 3.19. The average molecular weight is 373 g/mol. The van der Waals surface area contributed by atoms with Crippen molar-refractivity contribution in [3.8, 4) is 0 Å². The van der Waals surface area contributed by atoms with Crippen molar-refractivity contribution in [3.05, 3.63) is 29.3 Å². The molecule has 0 spiro atoms. The van der Waals surface area contributed by atoms with Crippen LogP contribution in [0, 0.1) is 0 Å². The lowest BCUT2D eigenvalue weighted by Crippen LogP contribution is -2.55. The van der Waals surface area contributed by atoms with Gasteiger partial charge in [0.05, 0.1) is 5.02 Å². The van der Waals surface area contributed by atoms with E-state index in [1.807, 2.05) is 0 Å². The highest BCUT2D eigenvalue weighted by atomic mass is 35.5. The van der Waals surface area contributed by atoms with E-state index < -0.39 is 10.0 Å². The third-order valence-corrected chi connectivity index (χ3v) is 6.63. The Morgan fingerprint density at radius 3 is 2.21 bits per heavy atom. The van der Waals surface area contributed by atoms with Gasteiger partial charge in [-0.2, -0.15) is 4.31 Å². The zero-order valence-electron chi connectivity index (χ0n) is 12.9. The van der Waals surface area contributed by atoms with E-state index in [1.54, 1.807) is 12.1 Å². The van der Waals surface area contributed by atoms with Gasteiger partial charge in [-0.15, -0.1) is 0 Å². The van der Waals surface area contributed by atoms with E-state index in [0.717, 1.165) is 0 Å². The number of benzene rings is 1. The molecule has 2 saturated heterocycles. The number of piperidine rings is 1. The van der Waals surface area contributed by atoms with Crippen LogP contribution in [0.1, 0.15) is 12.8 Å². The number of carbonyl (C=O) groups excluding carboxylic acids is 2. The monoisotopic (exact) mass is 372 g/mol. The quantitative estimate of drug-likeness (QED) is 0.735. The van der Waals surface area contributed by atoms with Gasteiger partial charge in [0.2, 0.25) is 10.0 Å². The van der Waals surface area contributed by atoms with Gasteiger partial charge in [0.15, 0.2) is 0 Å². The van der Waals surface area contributed by atoms with E-state index in [4.69, 9.17) is 16.3 Å². The number of hydrogen-bond donors (Lipinski definition) is 0. The van der Waals surface area contributed by atoms with E-state index >= 15 is 0 Å². The number of nitrogens with zero attached hydrogens (tertiary/aromatic N) is 2. The third-order valence-electron chi connectivity index (χ3n) is 4.23. The molecule has 0 aliphatic carbocycles. The molecule has 0 aromatic heterocycles. The molecule has 2 fully saturated rings. The standard InChI is InChI=1S/C15H17ClN2O5S/c16-12-3-1-2-4-13(12)24(21,22)17-7-5-11(6-8-17)18-14(19)9-23-10-15(18)20/h1-4,11H,5-10H2. The van der Waals surface area contributed by atoms with Crippen LogP contribution in [0.15, 0.2) is 29.2 Å². The topological polar surface area (TPSA) is 84.0 Å². The SMILES string of the molecule is O=C1COCC(=O)N1C1CCN(S(=O)(=O)c2ccccc2Cl)CC1. The van der Waals surface area contributed by atoms with Gasteiger partial charge in [0.25, 0.3) is 11.8 Å². The first-order chi connectivity index (χ1) is 11.4. The highest BCUT2D eigenvalue weighted by Gasteiger charge is 2.38. The first-order valence-electron chi connectivity index (χ1n) is 7.58. The Morgan fingerprint density at radius 2 is 1.62 bits per heavy atom. The molecule has 1 aromatic rings. The first-order valence-corrected chi connectivity index (χ1v) is 9.40. The number of carbonyl (C=O) groups is 2. The van der Waals surface area contributed by atoms with Gasteiger partial charge in [0, 0.05) is 19.1 Å². The van der Waals surface area contributed by atoms with E-state index in [0.29, 0.717) is 12.8 Å². The van der Waals surface area contributed by atoms with Crippen molar-refractivity contribution in [2.24, 2.45) is 0 Å². The van der Waals surface area contributed by atoms with E-state index in [-0.39, 0.29) is 54.1 Å². The molecule has 2 aliphatic rings. The minimum atomic E-state index is -3.69. The van der Waals surface area contributed by atoms with Crippen LogP contribution in [-0.2, 0) is 24.3 Å². The van der Waals surface area contributed by atoms with Gasteiger partial charge in [-0.25, -0.2) is 8.42 Å². The molecule has 0 N–H and O–H groups in total. The van der Waals surface area contributed by atoms with Crippen molar-refractivity contribution < 1.29 is 22.7 Å². The zero-order chi connectivity index (χ0) is 17.3. The zero-order valence-corrected chi connectivity index (χ0v) is 14.4. The van der Waals surface area contributed by atoms with Gasteiger partial charge < -0.3 is 4.74 Å². The molecular formula is C15H17ClN2O5S. The largest absolute Gasteiger partial charge is 0.362 e. The van der Waals surface area contributed by atoms with Gasteiger partial charge in [-0.3, -0.25) is 14.5 Å². The van der Waals surface area contributed by atoms with Crippen molar-refractivity contribution in [2.45, 2.75) is 23.8 Å². The summed E-state index contributed by atoms with van der Waals surface area (Å²) >= 11 is 6.00. The van der Waals surface area contributed by atoms with Crippen LogP contribution >= 0.6 is 11.6 Å². The van der Waals surface area contributed by atoms with Gasteiger partial charge >= 0.3 is 0 Å². The number of imide groups is 1. The summed E-state index contributed by atoms with van der Waals surface area (Å²) in [4.78, 5) is 25.1. The lowest BCUT2D eigenvalue weighted by molar-refractivity contribution is -0.162. The summed E-state index contributed by atoms with van der Waals surface area (Å²) in [6.45, 7) is 0.250. The molecule has 0 unspecified atom stereocenters. The molecule has 0 bridgehead atoms. The average Bonchev–Trinajstić information content (AvgIpc) is 2.55. The van der Waals surface area contributed by atoms with Crippen molar-refractivity contribution >= 4 is 33.4 Å². The normalized spacial score (nSPS) is 21.3. The first kappa shape index (κ1) is 17.3. The molecular weight excluding hydrogens is 356 g/mol. The van der Waals surface area contributed by atoms with Crippen LogP contribution in [0.5, 0.6) is 0 Å². The number of hydrogen-bond acceptors (Lipinski definition) is 5. The van der Waals surface area contributed by atoms with E-state index in [1.165, 1.54) is 21.3 Å². The minimum Gasteiger partial charge on any atom is -0.362 e. The molecule has 2 amide bonds. The second kappa shape index (κ2) is 6.79. The molecule has 0 saturated carbocycles. The number of sulfonamides is 1. The fraction of sp³-hybridized carbons (Fsp3) is 0.467. The molecule has 2 aliphatic heterocycles. The summed E-state index contributed by atoms with van der Waals surface area (Å²) in [5, 5.41) is 0.179. The molecule has 2 heterocycles. The van der Waals surface area contributed by atoms with E-state index in [9.17, 15) is 18.0 Å². The highest BCUT2D eigenvalue weighted by molar-refractivity contribution is 7.89.